The van der Waals surface area contributed by atoms with Gasteiger partial charge in [-0.1, -0.05) is 18.2 Å². The number of carbonyl (C=O) groups is 1. The van der Waals surface area contributed by atoms with Gasteiger partial charge in [-0.3, -0.25) is 4.79 Å². The van der Waals surface area contributed by atoms with Gasteiger partial charge >= 0.3 is 0 Å². The molecule has 1 amide bonds. The van der Waals surface area contributed by atoms with Gasteiger partial charge in [0.25, 0.3) is 5.91 Å². The summed E-state index contributed by atoms with van der Waals surface area (Å²) in [4.78, 5) is 19.2. The number of aromatic nitrogens is 1. The standard InChI is InChI=1S/C17H16N2OS2/c1-10-5-4-6-11(2)15(10)19-16(20)13-9-21-17(18-13)14-8-7-12(3)22-14/h4-9H,1-3H3,(H,19,20). The quantitative estimate of drug-likeness (QED) is 0.731. The molecular formula is C17H16N2OS2. The highest BCUT2D eigenvalue weighted by Crippen LogP contribution is 2.30. The average molecular weight is 328 g/mol. The molecule has 112 valence electrons. The van der Waals surface area contributed by atoms with Crippen LogP contribution in [0.2, 0.25) is 0 Å². The van der Waals surface area contributed by atoms with Crippen LogP contribution in [0.5, 0.6) is 0 Å². The number of amides is 1. The van der Waals surface area contributed by atoms with Gasteiger partial charge in [0.05, 0.1) is 4.88 Å². The van der Waals surface area contributed by atoms with Crippen molar-refractivity contribution in [3.8, 4) is 9.88 Å². The minimum absolute atomic E-state index is 0.159. The normalized spacial score (nSPS) is 10.7. The highest BCUT2D eigenvalue weighted by atomic mass is 32.1. The number of nitrogens with one attached hydrogen (secondary N) is 1. The van der Waals surface area contributed by atoms with Crippen LogP contribution in [0.25, 0.3) is 9.88 Å². The monoisotopic (exact) mass is 328 g/mol. The number of hydrogen-bond acceptors (Lipinski definition) is 4. The van der Waals surface area contributed by atoms with E-state index in [2.05, 4.69) is 23.3 Å². The fraction of sp³-hybridized carbons (Fsp3) is 0.176. The van der Waals surface area contributed by atoms with Gasteiger partial charge in [-0.05, 0) is 44.0 Å². The summed E-state index contributed by atoms with van der Waals surface area (Å²) in [7, 11) is 0. The number of rotatable bonds is 3. The highest BCUT2D eigenvalue weighted by Gasteiger charge is 2.14. The lowest BCUT2D eigenvalue weighted by atomic mass is 10.1. The fourth-order valence-electron chi connectivity index (χ4n) is 2.23. The molecule has 0 atom stereocenters. The molecule has 0 saturated carbocycles. The topological polar surface area (TPSA) is 42.0 Å². The maximum absolute atomic E-state index is 12.4. The molecule has 3 rings (SSSR count). The number of benzene rings is 1. The number of hydrogen-bond donors (Lipinski definition) is 1. The lowest BCUT2D eigenvalue weighted by molar-refractivity contribution is 0.102. The van der Waals surface area contributed by atoms with E-state index in [1.165, 1.54) is 16.2 Å². The van der Waals surface area contributed by atoms with Crippen molar-refractivity contribution in [2.45, 2.75) is 20.8 Å². The zero-order chi connectivity index (χ0) is 15.7. The molecule has 3 nitrogen and oxygen atoms in total. The third-order valence-electron chi connectivity index (χ3n) is 3.41. The predicted octanol–water partition coefficient (Wildman–Crippen LogP) is 5.05. The fourth-order valence-corrected chi connectivity index (χ4v) is 3.97. The largest absolute Gasteiger partial charge is 0.320 e. The van der Waals surface area contributed by atoms with Crippen LogP contribution in [0.4, 0.5) is 5.69 Å². The maximum atomic E-state index is 12.4. The predicted molar refractivity (Wildman–Crippen MR) is 94.0 cm³/mol. The molecule has 2 heterocycles. The van der Waals surface area contributed by atoms with Gasteiger partial charge < -0.3 is 5.32 Å². The molecular weight excluding hydrogens is 312 g/mol. The molecule has 22 heavy (non-hydrogen) atoms. The van der Waals surface area contributed by atoms with Crippen molar-refractivity contribution < 1.29 is 4.79 Å². The molecule has 2 aromatic heterocycles. The number of thiazole rings is 1. The van der Waals surface area contributed by atoms with Crippen LogP contribution >= 0.6 is 22.7 Å². The van der Waals surface area contributed by atoms with Gasteiger partial charge in [-0.25, -0.2) is 4.98 Å². The summed E-state index contributed by atoms with van der Waals surface area (Å²) in [5, 5.41) is 5.68. The van der Waals surface area contributed by atoms with Crippen LogP contribution in [-0.2, 0) is 0 Å². The molecule has 1 aromatic carbocycles. The van der Waals surface area contributed by atoms with Gasteiger partial charge in [-0.2, -0.15) is 0 Å². The molecule has 0 aliphatic carbocycles. The molecule has 0 radical (unpaired) electrons. The Bertz CT molecular complexity index is 813. The Morgan fingerprint density at radius 3 is 2.45 bits per heavy atom. The van der Waals surface area contributed by atoms with E-state index >= 15 is 0 Å². The van der Waals surface area contributed by atoms with E-state index in [-0.39, 0.29) is 5.91 Å². The minimum atomic E-state index is -0.159. The first-order valence-electron chi connectivity index (χ1n) is 6.94. The van der Waals surface area contributed by atoms with E-state index in [4.69, 9.17) is 0 Å². The third kappa shape index (κ3) is 2.96. The molecule has 0 bridgehead atoms. The average Bonchev–Trinajstić information content (AvgIpc) is 3.11. The number of para-hydroxylation sites is 1. The summed E-state index contributed by atoms with van der Waals surface area (Å²) in [6, 6.07) is 10.1. The van der Waals surface area contributed by atoms with Gasteiger partial charge in [0.2, 0.25) is 0 Å². The number of carbonyl (C=O) groups excluding carboxylic acids is 1. The van der Waals surface area contributed by atoms with Crippen LogP contribution in [0.3, 0.4) is 0 Å². The van der Waals surface area contributed by atoms with Crippen molar-refractivity contribution >= 4 is 34.3 Å². The third-order valence-corrected chi connectivity index (χ3v) is 5.42. The van der Waals surface area contributed by atoms with E-state index in [9.17, 15) is 4.79 Å². The van der Waals surface area contributed by atoms with Crippen molar-refractivity contribution in [2.75, 3.05) is 5.32 Å². The Balaban J connectivity index is 1.83. The summed E-state index contributed by atoms with van der Waals surface area (Å²) in [6.45, 7) is 6.05. The van der Waals surface area contributed by atoms with Crippen molar-refractivity contribution in [3.63, 3.8) is 0 Å². The van der Waals surface area contributed by atoms with Crippen LogP contribution in [0.15, 0.2) is 35.7 Å². The lowest BCUT2D eigenvalue weighted by Crippen LogP contribution is -2.14. The first-order chi connectivity index (χ1) is 10.5. The van der Waals surface area contributed by atoms with Crippen LogP contribution in [0, 0.1) is 20.8 Å². The van der Waals surface area contributed by atoms with Crippen LogP contribution < -0.4 is 5.32 Å². The summed E-state index contributed by atoms with van der Waals surface area (Å²) < 4.78 is 0. The minimum Gasteiger partial charge on any atom is -0.320 e. The number of thiophene rings is 1. The second-order valence-corrected chi connectivity index (χ2v) is 7.32. The molecule has 0 aliphatic rings. The Kier molecular flexibility index (Phi) is 4.09. The van der Waals surface area contributed by atoms with E-state index in [1.54, 1.807) is 11.3 Å². The SMILES string of the molecule is Cc1ccc(-c2nc(C(=O)Nc3c(C)cccc3C)cs2)s1. The van der Waals surface area contributed by atoms with E-state index in [0.29, 0.717) is 5.69 Å². The van der Waals surface area contributed by atoms with E-state index < -0.39 is 0 Å². The van der Waals surface area contributed by atoms with Gasteiger partial charge in [0.15, 0.2) is 0 Å². The lowest BCUT2D eigenvalue weighted by Gasteiger charge is -2.10. The molecule has 1 N–H and O–H groups in total. The summed E-state index contributed by atoms with van der Waals surface area (Å²) in [5.74, 6) is -0.159. The van der Waals surface area contributed by atoms with Crippen molar-refractivity contribution in [3.05, 3.63) is 57.4 Å². The summed E-state index contributed by atoms with van der Waals surface area (Å²) >= 11 is 3.19. The van der Waals surface area contributed by atoms with Gasteiger partial charge in [-0.15, -0.1) is 22.7 Å². The van der Waals surface area contributed by atoms with Crippen molar-refractivity contribution in [2.24, 2.45) is 0 Å². The van der Waals surface area contributed by atoms with E-state index in [1.807, 2.05) is 43.5 Å². The summed E-state index contributed by atoms with van der Waals surface area (Å²) in [5.41, 5.74) is 3.44. The summed E-state index contributed by atoms with van der Waals surface area (Å²) in [6.07, 6.45) is 0. The van der Waals surface area contributed by atoms with Gasteiger partial charge in [0.1, 0.15) is 10.7 Å². The number of anilines is 1. The number of aryl methyl sites for hydroxylation is 3. The zero-order valence-electron chi connectivity index (χ0n) is 12.6. The molecule has 5 heteroatoms. The first kappa shape index (κ1) is 14.9. The van der Waals surface area contributed by atoms with Crippen molar-refractivity contribution in [1.82, 2.24) is 4.98 Å². The number of nitrogens with zero attached hydrogens (tertiary/aromatic N) is 1. The smallest absolute Gasteiger partial charge is 0.275 e. The Morgan fingerprint density at radius 2 is 1.82 bits per heavy atom. The Hall–Kier alpha value is -1.98. The zero-order valence-corrected chi connectivity index (χ0v) is 14.3. The second-order valence-electron chi connectivity index (χ2n) is 5.17. The highest BCUT2D eigenvalue weighted by molar-refractivity contribution is 7.21. The van der Waals surface area contributed by atoms with Gasteiger partial charge in [0, 0.05) is 15.9 Å². The van der Waals surface area contributed by atoms with Crippen LogP contribution in [-0.4, -0.2) is 10.9 Å². The molecule has 0 spiro atoms. The molecule has 3 aromatic rings. The van der Waals surface area contributed by atoms with Crippen LogP contribution in [0.1, 0.15) is 26.5 Å². The van der Waals surface area contributed by atoms with E-state index in [0.717, 1.165) is 26.7 Å². The molecule has 0 saturated heterocycles. The molecule has 0 fully saturated rings. The second kappa shape index (κ2) is 6.02. The Labute approximate surface area is 137 Å². The molecule has 0 aliphatic heterocycles. The molecule has 0 unspecified atom stereocenters. The maximum Gasteiger partial charge on any atom is 0.275 e. The first-order valence-corrected chi connectivity index (χ1v) is 8.64. The van der Waals surface area contributed by atoms with Crippen molar-refractivity contribution in [1.29, 1.82) is 0 Å². The Morgan fingerprint density at radius 1 is 1.09 bits per heavy atom.